The molecule has 0 bridgehead atoms. The van der Waals surface area contributed by atoms with Gasteiger partial charge in [0.1, 0.15) is 0 Å². The van der Waals surface area contributed by atoms with E-state index in [1.54, 1.807) is 11.8 Å². The van der Waals surface area contributed by atoms with Crippen LogP contribution < -0.4 is 5.32 Å². The van der Waals surface area contributed by atoms with Gasteiger partial charge in [0.15, 0.2) is 0 Å². The molecular weight excluding hydrogens is 310 g/mol. The number of carbonyl (C=O) groups excluding carboxylic acids is 1. The first-order chi connectivity index (χ1) is 10.3. The monoisotopic (exact) mass is 333 g/mol. The van der Waals surface area contributed by atoms with Crippen molar-refractivity contribution in [1.82, 2.24) is 5.32 Å². The Hall–Kier alpha value is -1.58. The molecule has 0 unspecified atom stereocenters. The lowest BCUT2D eigenvalue weighted by molar-refractivity contribution is -0.119. The normalized spacial score (nSPS) is 11.9. The molecule has 1 aromatic carbocycles. The lowest BCUT2D eigenvalue weighted by atomic mass is 10.1. The fourth-order valence-corrected chi connectivity index (χ4v) is 3.07. The van der Waals surface area contributed by atoms with E-state index in [1.165, 1.54) is 6.92 Å². The largest absolute Gasteiger partial charge is 0.352 e. The summed E-state index contributed by atoms with van der Waals surface area (Å²) in [4.78, 5) is 15.7. The van der Waals surface area contributed by atoms with Crippen molar-refractivity contribution < 1.29 is 4.79 Å². The number of benzene rings is 1. The van der Waals surface area contributed by atoms with Gasteiger partial charge in [-0.1, -0.05) is 31.8 Å². The molecule has 0 aromatic heterocycles. The van der Waals surface area contributed by atoms with Gasteiger partial charge in [-0.3, -0.25) is 9.79 Å². The predicted molar refractivity (Wildman–Crippen MR) is 96.9 cm³/mol. The Balaban J connectivity index is 3.05. The summed E-state index contributed by atoms with van der Waals surface area (Å²) >= 11 is 1.60. The maximum Gasteiger partial charge on any atom is 0.217 e. The zero-order valence-corrected chi connectivity index (χ0v) is 15.7. The minimum Gasteiger partial charge on any atom is -0.352 e. The second-order valence-electron chi connectivity index (χ2n) is 6.28. The Kier molecular flexibility index (Phi) is 6.85. The van der Waals surface area contributed by atoms with Crippen LogP contribution in [0.3, 0.4) is 0 Å². The van der Waals surface area contributed by atoms with Gasteiger partial charge >= 0.3 is 0 Å². The van der Waals surface area contributed by atoms with Crippen LogP contribution in [0.5, 0.6) is 0 Å². The first-order valence-corrected chi connectivity index (χ1v) is 12.1. The zero-order chi connectivity index (χ0) is 16.8. The summed E-state index contributed by atoms with van der Waals surface area (Å²) in [5.41, 5.74) is 2.38. The molecule has 1 amide bonds. The average molecular weight is 334 g/mol. The van der Waals surface area contributed by atoms with E-state index in [9.17, 15) is 10.1 Å². The number of hydrogen-bond donors (Lipinski definition) is 1. The summed E-state index contributed by atoms with van der Waals surface area (Å²) in [6, 6.07) is 7.92. The maximum absolute atomic E-state index is 11.0. The van der Waals surface area contributed by atoms with Gasteiger partial charge in [-0.15, -0.1) is 11.8 Å². The summed E-state index contributed by atoms with van der Waals surface area (Å²) < 4.78 is 0. The fourth-order valence-electron chi connectivity index (χ4n) is 1.77. The minimum absolute atomic E-state index is 0.102. The first-order valence-electron chi connectivity index (χ1n) is 7.13. The molecule has 1 rings (SSSR count). The van der Waals surface area contributed by atoms with Crippen LogP contribution in [0.25, 0.3) is 0 Å². The first kappa shape index (κ1) is 18.5. The Morgan fingerprint density at radius 2 is 2.09 bits per heavy atom. The summed E-state index contributed by atoms with van der Waals surface area (Å²) in [6.07, 6.45) is 2.87. The Morgan fingerprint density at radius 1 is 1.41 bits per heavy atom. The molecule has 0 aliphatic heterocycles. The number of aliphatic imine (C=N–C) groups is 1. The van der Waals surface area contributed by atoms with Crippen LogP contribution in [0.15, 0.2) is 23.2 Å². The van der Waals surface area contributed by atoms with Crippen LogP contribution >= 0.6 is 11.8 Å². The van der Waals surface area contributed by atoms with Crippen molar-refractivity contribution in [1.29, 1.82) is 5.26 Å². The molecule has 0 atom stereocenters. The molecule has 0 fully saturated rings. The number of nitriles is 1. The quantitative estimate of drug-likeness (QED) is 0.511. The number of carbonyl (C=O) groups is 1. The number of hydrogen-bond acceptors (Lipinski definition) is 4. The standard InChI is InChI=1S/C16H23N3OSSi/c1-12(20)18-10-14-7-6-13(8-15(14)9-17)16(21-2)19-11-22(3,4)5/h6-8H,10-11H2,1-5H3,(H,18,20)/b19-16-. The Bertz CT molecular complexity index is 615. The second-order valence-corrected chi connectivity index (χ2v) is 12.5. The van der Waals surface area contributed by atoms with Crippen molar-refractivity contribution in [2.45, 2.75) is 33.1 Å². The van der Waals surface area contributed by atoms with Gasteiger partial charge in [-0.2, -0.15) is 5.26 Å². The van der Waals surface area contributed by atoms with E-state index >= 15 is 0 Å². The van der Waals surface area contributed by atoms with Crippen LogP contribution in [-0.2, 0) is 11.3 Å². The number of amides is 1. The third-order valence-corrected chi connectivity index (χ3v) is 4.75. The Labute approximate surface area is 138 Å². The molecule has 0 saturated heterocycles. The van der Waals surface area contributed by atoms with E-state index in [-0.39, 0.29) is 5.91 Å². The van der Waals surface area contributed by atoms with E-state index in [0.29, 0.717) is 12.1 Å². The second kappa shape index (κ2) is 8.16. The molecule has 22 heavy (non-hydrogen) atoms. The summed E-state index contributed by atoms with van der Waals surface area (Å²) in [7, 11) is -1.24. The van der Waals surface area contributed by atoms with E-state index in [1.807, 2.05) is 24.5 Å². The van der Waals surface area contributed by atoms with Gasteiger partial charge in [-0.05, 0) is 17.9 Å². The zero-order valence-electron chi connectivity index (χ0n) is 13.9. The summed E-state index contributed by atoms with van der Waals surface area (Å²) in [6.45, 7) is 8.69. The molecule has 0 aliphatic rings. The highest BCUT2D eigenvalue weighted by Crippen LogP contribution is 2.17. The minimum atomic E-state index is -1.24. The number of nitrogens with zero attached hydrogens (tertiary/aromatic N) is 2. The van der Waals surface area contributed by atoms with Gasteiger partial charge in [0.2, 0.25) is 5.91 Å². The summed E-state index contributed by atoms with van der Waals surface area (Å²) in [5.74, 6) is -0.102. The molecular formula is C16H23N3OSSi. The smallest absolute Gasteiger partial charge is 0.217 e. The van der Waals surface area contributed by atoms with Gasteiger partial charge in [-0.25, -0.2) is 0 Å². The third-order valence-electron chi connectivity index (χ3n) is 2.90. The topological polar surface area (TPSA) is 65.2 Å². The molecule has 0 heterocycles. The van der Waals surface area contributed by atoms with Gasteiger partial charge < -0.3 is 5.32 Å². The van der Waals surface area contributed by atoms with E-state index in [2.05, 4.69) is 31.0 Å². The lowest BCUT2D eigenvalue weighted by Crippen LogP contribution is -2.25. The molecule has 0 spiro atoms. The van der Waals surface area contributed by atoms with E-state index in [4.69, 9.17) is 4.99 Å². The van der Waals surface area contributed by atoms with Crippen LogP contribution in [0.1, 0.15) is 23.6 Å². The van der Waals surface area contributed by atoms with E-state index < -0.39 is 8.07 Å². The number of thioether (sulfide) groups is 1. The predicted octanol–water partition coefficient (Wildman–Crippen LogP) is 3.18. The molecule has 0 saturated carbocycles. The fraction of sp³-hybridized carbons (Fsp3) is 0.438. The van der Waals surface area contributed by atoms with Gasteiger partial charge in [0, 0.05) is 25.2 Å². The average Bonchev–Trinajstić information content (AvgIpc) is 2.44. The van der Waals surface area contributed by atoms with Crippen molar-refractivity contribution in [3.05, 3.63) is 34.9 Å². The SMILES string of the molecule is CS/C(=N\C[Si](C)(C)C)c1ccc(CNC(C)=O)c(C#N)c1. The number of nitrogens with one attached hydrogen (secondary N) is 1. The highest BCUT2D eigenvalue weighted by Gasteiger charge is 2.14. The summed E-state index contributed by atoms with van der Waals surface area (Å²) in [5, 5.41) is 13.0. The molecule has 4 nitrogen and oxygen atoms in total. The highest BCUT2D eigenvalue weighted by molar-refractivity contribution is 8.13. The van der Waals surface area contributed by atoms with Crippen LogP contribution in [-0.4, -0.2) is 31.4 Å². The van der Waals surface area contributed by atoms with Crippen molar-refractivity contribution in [3.8, 4) is 6.07 Å². The van der Waals surface area contributed by atoms with E-state index in [0.717, 1.165) is 22.3 Å². The van der Waals surface area contributed by atoms with Crippen molar-refractivity contribution in [2.24, 2.45) is 4.99 Å². The van der Waals surface area contributed by atoms with Crippen LogP contribution in [0.4, 0.5) is 0 Å². The van der Waals surface area contributed by atoms with Crippen LogP contribution in [0.2, 0.25) is 19.6 Å². The Morgan fingerprint density at radius 3 is 2.59 bits per heavy atom. The molecule has 1 aromatic rings. The van der Waals surface area contributed by atoms with Crippen molar-refractivity contribution in [2.75, 3.05) is 12.4 Å². The third kappa shape index (κ3) is 6.04. The molecule has 1 N–H and O–H groups in total. The molecule has 0 aliphatic carbocycles. The molecule has 118 valence electrons. The maximum atomic E-state index is 11.0. The van der Waals surface area contributed by atoms with Crippen molar-refractivity contribution in [3.63, 3.8) is 0 Å². The molecule has 6 heteroatoms. The van der Waals surface area contributed by atoms with Crippen molar-refractivity contribution >= 4 is 30.8 Å². The molecule has 0 radical (unpaired) electrons. The van der Waals surface area contributed by atoms with Gasteiger partial charge in [0.25, 0.3) is 0 Å². The lowest BCUT2D eigenvalue weighted by Gasteiger charge is -2.14. The van der Waals surface area contributed by atoms with Gasteiger partial charge in [0.05, 0.1) is 24.8 Å². The van der Waals surface area contributed by atoms with Crippen LogP contribution in [0, 0.1) is 11.3 Å². The number of rotatable bonds is 5. The highest BCUT2D eigenvalue weighted by atomic mass is 32.2.